The molecular formula is C24H25NO. The number of phenols is 1. The van der Waals surface area contributed by atoms with Crippen LogP contribution in [0.2, 0.25) is 0 Å². The summed E-state index contributed by atoms with van der Waals surface area (Å²) in [5.74, 6) is 0.301. The summed E-state index contributed by atoms with van der Waals surface area (Å²) in [6, 6.07) is 19.0. The van der Waals surface area contributed by atoms with Crippen LogP contribution in [-0.4, -0.2) is 9.67 Å². The zero-order chi connectivity index (χ0) is 18.6. The Labute approximate surface area is 154 Å². The largest absolute Gasteiger partial charge is 0.506 e. The maximum absolute atomic E-state index is 10.5. The molecule has 0 atom stereocenters. The molecular weight excluding hydrogens is 318 g/mol. The van der Waals surface area contributed by atoms with Gasteiger partial charge in [0.15, 0.2) is 0 Å². The van der Waals surface area contributed by atoms with Crippen molar-refractivity contribution in [2.45, 2.75) is 40.0 Å². The van der Waals surface area contributed by atoms with E-state index in [1.807, 2.05) is 12.1 Å². The highest BCUT2D eigenvalue weighted by Gasteiger charge is 2.19. The summed E-state index contributed by atoms with van der Waals surface area (Å²) < 4.78 is 2.18. The molecule has 0 saturated heterocycles. The van der Waals surface area contributed by atoms with E-state index < -0.39 is 0 Å². The number of aromatic nitrogens is 1. The number of benzene rings is 3. The van der Waals surface area contributed by atoms with Crippen molar-refractivity contribution in [3.63, 3.8) is 0 Å². The van der Waals surface area contributed by atoms with Crippen molar-refractivity contribution in [2.24, 2.45) is 0 Å². The van der Waals surface area contributed by atoms with E-state index in [0.717, 1.165) is 22.3 Å². The van der Waals surface area contributed by atoms with Crippen molar-refractivity contribution in [3.8, 4) is 11.4 Å². The lowest BCUT2D eigenvalue weighted by Crippen LogP contribution is -2.10. The topological polar surface area (TPSA) is 25.2 Å². The molecule has 0 aliphatic carbocycles. The van der Waals surface area contributed by atoms with Crippen LogP contribution in [0.25, 0.3) is 27.5 Å². The fourth-order valence-corrected chi connectivity index (χ4v) is 3.68. The van der Waals surface area contributed by atoms with Crippen LogP contribution in [-0.2, 0) is 5.41 Å². The summed E-state index contributed by atoms with van der Waals surface area (Å²) in [4.78, 5) is 0. The van der Waals surface area contributed by atoms with Gasteiger partial charge < -0.3 is 9.67 Å². The van der Waals surface area contributed by atoms with E-state index in [0.29, 0.717) is 5.75 Å². The highest BCUT2D eigenvalue weighted by Crippen LogP contribution is 2.37. The van der Waals surface area contributed by atoms with E-state index in [1.165, 1.54) is 21.9 Å². The van der Waals surface area contributed by atoms with Crippen LogP contribution in [0.3, 0.4) is 0 Å². The number of hydrogen-bond donors (Lipinski definition) is 1. The molecule has 1 aromatic heterocycles. The maximum Gasteiger partial charge on any atom is 0.139 e. The van der Waals surface area contributed by atoms with Crippen LogP contribution in [0, 0.1) is 13.8 Å². The molecule has 132 valence electrons. The van der Waals surface area contributed by atoms with Crippen molar-refractivity contribution in [1.29, 1.82) is 0 Å². The predicted octanol–water partition coefficient (Wildman–Crippen LogP) is 6.40. The lowest BCUT2D eigenvalue weighted by atomic mass is 9.86. The second kappa shape index (κ2) is 5.63. The van der Waals surface area contributed by atoms with Crippen LogP contribution in [0.15, 0.2) is 54.6 Å². The third-order valence-corrected chi connectivity index (χ3v) is 5.16. The van der Waals surface area contributed by atoms with Gasteiger partial charge >= 0.3 is 0 Å². The molecule has 2 nitrogen and oxygen atoms in total. The first-order chi connectivity index (χ1) is 12.3. The molecule has 0 bridgehead atoms. The minimum atomic E-state index is 0.0952. The van der Waals surface area contributed by atoms with Gasteiger partial charge in [-0.1, -0.05) is 44.5 Å². The predicted molar refractivity (Wildman–Crippen MR) is 111 cm³/mol. The number of fused-ring (bicyclic) bond motifs is 3. The van der Waals surface area contributed by atoms with Crippen molar-refractivity contribution in [3.05, 3.63) is 71.3 Å². The van der Waals surface area contributed by atoms with Gasteiger partial charge in [-0.2, -0.15) is 0 Å². The average molecular weight is 343 g/mol. The molecule has 4 aromatic rings. The lowest BCUT2D eigenvalue weighted by Gasteiger charge is -2.19. The standard InChI is InChI=1S/C24H25NO/c1-15-6-9-20-18(12-15)19-14-17(24(3,4)5)8-10-21(19)25(20)22-13-16(2)7-11-23(22)26/h6-14,26H,1-5H3. The van der Waals surface area contributed by atoms with Gasteiger partial charge in [-0.3, -0.25) is 0 Å². The molecule has 0 aliphatic rings. The van der Waals surface area contributed by atoms with Gasteiger partial charge in [0.25, 0.3) is 0 Å². The normalized spacial score (nSPS) is 12.2. The summed E-state index contributed by atoms with van der Waals surface area (Å²) in [5.41, 5.74) is 6.86. The summed E-state index contributed by atoms with van der Waals surface area (Å²) >= 11 is 0. The first-order valence-corrected chi connectivity index (χ1v) is 9.11. The maximum atomic E-state index is 10.5. The van der Waals surface area contributed by atoms with Gasteiger partial charge in [0, 0.05) is 10.8 Å². The molecule has 0 spiro atoms. The smallest absolute Gasteiger partial charge is 0.139 e. The van der Waals surface area contributed by atoms with Crippen LogP contribution in [0.4, 0.5) is 0 Å². The fourth-order valence-electron chi connectivity index (χ4n) is 3.68. The summed E-state index contributed by atoms with van der Waals surface area (Å²) in [5, 5.41) is 13.0. The van der Waals surface area contributed by atoms with Crippen LogP contribution >= 0.6 is 0 Å². The molecule has 3 aromatic carbocycles. The van der Waals surface area contributed by atoms with Gasteiger partial charge in [-0.15, -0.1) is 0 Å². The molecule has 0 unspecified atom stereocenters. The Hall–Kier alpha value is -2.74. The molecule has 0 saturated carbocycles. The second-order valence-corrected chi connectivity index (χ2v) is 8.33. The molecule has 26 heavy (non-hydrogen) atoms. The van der Waals surface area contributed by atoms with E-state index in [2.05, 4.69) is 75.6 Å². The summed E-state index contributed by atoms with van der Waals surface area (Å²) in [6.45, 7) is 10.9. The third kappa shape index (κ3) is 2.57. The first-order valence-electron chi connectivity index (χ1n) is 9.11. The number of nitrogens with zero attached hydrogens (tertiary/aromatic N) is 1. The number of aryl methyl sites for hydroxylation is 2. The average Bonchev–Trinajstić information content (AvgIpc) is 2.89. The minimum absolute atomic E-state index is 0.0952. The Morgan fingerprint density at radius 2 is 1.31 bits per heavy atom. The number of aromatic hydroxyl groups is 1. The number of rotatable bonds is 1. The molecule has 1 heterocycles. The number of phenolic OH excluding ortho intramolecular Hbond substituents is 1. The fraction of sp³-hybridized carbons (Fsp3) is 0.250. The minimum Gasteiger partial charge on any atom is -0.506 e. The lowest BCUT2D eigenvalue weighted by molar-refractivity contribution is 0.473. The Morgan fingerprint density at radius 3 is 2.00 bits per heavy atom. The summed E-state index contributed by atoms with van der Waals surface area (Å²) in [6.07, 6.45) is 0. The van der Waals surface area contributed by atoms with Gasteiger partial charge in [0.2, 0.25) is 0 Å². The Bertz CT molecular complexity index is 1140. The van der Waals surface area contributed by atoms with Gasteiger partial charge in [-0.05, 0) is 66.8 Å². The van der Waals surface area contributed by atoms with Gasteiger partial charge in [0.05, 0.1) is 16.7 Å². The van der Waals surface area contributed by atoms with Gasteiger partial charge in [-0.25, -0.2) is 0 Å². The third-order valence-electron chi connectivity index (χ3n) is 5.16. The molecule has 0 aliphatic heterocycles. The molecule has 0 amide bonds. The van der Waals surface area contributed by atoms with Crippen molar-refractivity contribution >= 4 is 21.8 Å². The Balaban J connectivity index is 2.17. The molecule has 1 N–H and O–H groups in total. The van der Waals surface area contributed by atoms with E-state index in [9.17, 15) is 5.11 Å². The van der Waals surface area contributed by atoms with E-state index in [4.69, 9.17) is 0 Å². The summed E-state index contributed by atoms with van der Waals surface area (Å²) in [7, 11) is 0. The highest BCUT2D eigenvalue weighted by molar-refractivity contribution is 6.10. The molecule has 0 radical (unpaired) electrons. The van der Waals surface area contributed by atoms with E-state index in [1.54, 1.807) is 6.07 Å². The molecule has 2 heteroatoms. The quantitative estimate of drug-likeness (QED) is 0.425. The second-order valence-electron chi connectivity index (χ2n) is 8.33. The molecule has 4 rings (SSSR count). The Morgan fingerprint density at radius 1 is 0.731 bits per heavy atom. The van der Waals surface area contributed by atoms with Gasteiger partial charge in [0.1, 0.15) is 5.75 Å². The Kier molecular flexibility index (Phi) is 3.62. The zero-order valence-electron chi connectivity index (χ0n) is 16.1. The SMILES string of the molecule is Cc1ccc(O)c(-n2c3ccc(C)cc3c3cc(C(C)(C)C)ccc32)c1. The first kappa shape index (κ1) is 16.7. The van der Waals surface area contributed by atoms with Crippen LogP contribution in [0.5, 0.6) is 5.75 Å². The number of hydrogen-bond acceptors (Lipinski definition) is 1. The van der Waals surface area contributed by atoms with E-state index >= 15 is 0 Å². The van der Waals surface area contributed by atoms with Crippen molar-refractivity contribution < 1.29 is 5.11 Å². The molecule has 0 fully saturated rings. The zero-order valence-corrected chi connectivity index (χ0v) is 16.1. The highest BCUT2D eigenvalue weighted by atomic mass is 16.3. The van der Waals surface area contributed by atoms with E-state index in [-0.39, 0.29) is 5.41 Å². The van der Waals surface area contributed by atoms with Crippen LogP contribution < -0.4 is 0 Å². The van der Waals surface area contributed by atoms with Crippen LogP contribution in [0.1, 0.15) is 37.5 Å². The van der Waals surface area contributed by atoms with Crippen molar-refractivity contribution in [1.82, 2.24) is 4.57 Å². The van der Waals surface area contributed by atoms with Crippen molar-refractivity contribution in [2.75, 3.05) is 0 Å². The monoisotopic (exact) mass is 343 g/mol.